The van der Waals surface area contributed by atoms with Gasteiger partial charge >= 0.3 is 7.60 Å². The van der Waals surface area contributed by atoms with Gasteiger partial charge in [-0.25, -0.2) is 4.98 Å². The lowest BCUT2D eigenvalue weighted by atomic mass is 10.0. The van der Waals surface area contributed by atoms with Crippen molar-refractivity contribution in [3.63, 3.8) is 0 Å². The lowest BCUT2D eigenvalue weighted by molar-refractivity contribution is -0.137. The molecule has 1 aromatic heterocycles. The van der Waals surface area contributed by atoms with E-state index in [-0.39, 0.29) is 35.1 Å². The zero-order valence-electron chi connectivity index (χ0n) is 38.3. The van der Waals surface area contributed by atoms with E-state index in [2.05, 4.69) is 47.9 Å². The third-order valence-electron chi connectivity index (χ3n) is 13.3. The first-order chi connectivity index (χ1) is 32.5. The number of fused-ring (bicyclic) bond motifs is 1. The van der Waals surface area contributed by atoms with Gasteiger partial charge in [0, 0.05) is 96.2 Å². The number of aryl methyl sites for hydroxylation is 1. The van der Waals surface area contributed by atoms with Gasteiger partial charge in [0.05, 0.1) is 30.0 Å². The van der Waals surface area contributed by atoms with Crippen LogP contribution in [0.5, 0.6) is 5.75 Å². The molecule has 19 heteroatoms. The van der Waals surface area contributed by atoms with E-state index < -0.39 is 19.5 Å². The molecule has 1 atom stereocenters. The van der Waals surface area contributed by atoms with Gasteiger partial charge in [0.1, 0.15) is 16.8 Å². The molecule has 4 aliphatic rings. The van der Waals surface area contributed by atoms with Gasteiger partial charge in [0.2, 0.25) is 23.7 Å². The molecule has 0 radical (unpaired) electrons. The van der Waals surface area contributed by atoms with E-state index in [9.17, 15) is 23.7 Å². The molecule has 5 heterocycles. The van der Waals surface area contributed by atoms with Crippen LogP contribution in [0.2, 0.25) is 5.02 Å². The summed E-state index contributed by atoms with van der Waals surface area (Å²) in [6.45, 7) is 5.51. The van der Waals surface area contributed by atoms with Gasteiger partial charge in [-0.05, 0) is 80.0 Å². The maximum absolute atomic E-state index is 13.2. The van der Waals surface area contributed by atoms with E-state index in [1.165, 1.54) is 26.0 Å². The van der Waals surface area contributed by atoms with E-state index in [0.717, 1.165) is 95.5 Å². The van der Waals surface area contributed by atoms with Crippen LogP contribution in [0, 0.1) is 0 Å². The number of piperazine rings is 1. The molecule has 356 valence electrons. The van der Waals surface area contributed by atoms with Crippen molar-refractivity contribution in [3.05, 3.63) is 88.6 Å². The standard InChI is InChI=1S/C48H59ClN9O8P/c1-64-41-29-35(15-17-38(41)52-48-50-30-37(49)45(54-48)51-39-11-8-9-12-42(39)67(63,65-2)66-3)55-22-20-34(21-23-55)56-24-26-57(27-25-56)44(60)13-7-5-4-6-10-32-14-16-36-33(28-32)31-58(47(36)62)40-18-19-43(59)53-46(40)61/h8-9,11-12,14-17,28-30,34,40H,4-7,10,13,18-27,31H2,1-3H3,(H,53,59,61)(H2,50,51,52,54). The van der Waals surface area contributed by atoms with Crippen LogP contribution in [0.4, 0.5) is 28.8 Å². The summed E-state index contributed by atoms with van der Waals surface area (Å²) in [5.74, 6) is 0.631. The summed E-state index contributed by atoms with van der Waals surface area (Å²) in [4.78, 5) is 67.7. The number of unbranched alkanes of at least 4 members (excludes halogenated alkanes) is 3. The molecule has 0 spiro atoms. The first kappa shape index (κ1) is 47.9. The average molecular weight is 956 g/mol. The number of para-hydroxylation sites is 1. The number of methoxy groups -OCH3 is 1. The number of hydrogen-bond acceptors (Lipinski definition) is 14. The third kappa shape index (κ3) is 11.1. The normalized spacial score (nSPS) is 18.2. The molecule has 4 aliphatic heterocycles. The summed E-state index contributed by atoms with van der Waals surface area (Å²) in [5.41, 5.74) is 4.95. The van der Waals surface area contributed by atoms with E-state index in [1.54, 1.807) is 36.3 Å². The van der Waals surface area contributed by atoms with Crippen molar-refractivity contribution in [2.24, 2.45) is 0 Å². The number of nitrogens with zero attached hydrogens (tertiary/aromatic N) is 6. The highest BCUT2D eigenvalue weighted by Crippen LogP contribution is 2.47. The molecule has 3 N–H and O–H groups in total. The molecule has 8 rings (SSSR count). The Kier molecular flexibility index (Phi) is 15.4. The molecule has 0 aliphatic carbocycles. The minimum absolute atomic E-state index is 0.149. The summed E-state index contributed by atoms with van der Waals surface area (Å²) in [7, 11) is 0.724. The molecule has 0 saturated carbocycles. The van der Waals surface area contributed by atoms with Crippen molar-refractivity contribution in [1.29, 1.82) is 0 Å². The molecule has 3 fully saturated rings. The van der Waals surface area contributed by atoms with E-state index in [4.69, 9.17) is 25.4 Å². The number of imide groups is 1. The Morgan fingerprint density at radius 2 is 1.63 bits per heavy atom. The summed E-state index contributed by atoms with van der Waals surface area (Å²) >= 11 is 6.49. The number of hydrogen-bond donors (Lipinski definition) is 3. The molecule has 17 nitrogen and oxygen atoms in total. The molecule has 0 bridgehead atoms. The number of rotatable bonds is 18. The van der Waals surface area contributed by atoms with Crippen molar-refractivity contribution < 1.29 is 37.5 Å². The number of carbonyl (C=O) groups is 4. The second-order valence-corrected chi connectivity index (χ2v) is 20.0. The molecule has 1 unspecified atom stereocenters. The van der Waals surface area contributed by atoms with Crippen LogP contribution in [0.15, 0.2) is 66.9 Å². The maximum atomic E-state index is 13.2. The number of amides is 4. The van der Waals surface area contributed by atoms with Crippen LogP contribution in [0.1, 0.15) is 79.3 Å². The number of anilines is 5. The van der Waals surface area contributed by atoms with E-state index >= 15 is 0 Å². The number of aromatic nitrogens is 2. The molecular weight excluding hydrogens is 897 g/mol. The zero-order valence-corrected chi connectivity index (χ0v) is 40.0. The number of benzene rings is 3. The highest BCUT2D eigenvalue weighted by Gasteiger charge is 2.39. The predicted molar refractivity (Wildman–Crippen MR) is 257 cm³/mol. The van der Waals surface area contributed by atoms with Crippen LogP contribution in [0.3, 0.4) is 0 Å². The van der Waals surface area contributed by atoms with Gasteiger partial charge in [-0.3, -0.25) is 34.0 Å². The molecular formula is C48H59ClN9O8P. The highest BCUT2D eigenvalue weighted by molar-refractivity contribution is 7.62. The van der Waals surface area contributed by atoms with Gasteiger partial charge < -0.3 is 39.1 Å². The Balaban J connectivity index is 0.741. The van der Waals surface area contributed by atoms with Gasteiger partial charge in [0.15, 0.2) is 5.82 Å². The summed E-state index contributed by atoms with van der Waals surface area (Å²) < 4.78 is 29.5. The summed E-state index contributed by atoms with van der Waals surface area (Å²) in [6.07, 6.45) is 9.50. The second-order valence-electron chi connectivity index (χ2n) is 17.3. The first-order valence-corrected chi connectivity index (χ1v) is 25.0. The van der Waals surface area contributed by atoms with Gasteiger partial charge in [0.25, 0.3) is 5.91 Å². The minimum atomic E-state index is -3.57. The summed E-state index contributed by atoms with van der Waals surface area (Å²) in [6, 6.07) is 18.8. The van der Waals surface area contributed by atoms with Crippen LogP contribution in [-0.4, -0.2) is 121 Å². The number of nitrogens with one attached hydrogen (secondary N) is 3. The van der Waals surface area contributed by atoms with Crippen molar-refractivity contribution in [2.75, 3.05) is 76.1 Å². The second kappa shape index (κ2) is 21.6. The zero-order chi connectivity index (χ0) is 47.1. The molecule has 3 aromatic carbocycles. The fourth-order valence-electron chi connectivity index (χ4n) is 9.56. The fraction of sp³-hybridized carbons (Fsp3) is 0.458. The lowest BCUT2D eigenvalue weighted by Gasteiger charge is -2.43. The monoisotopic (exact) mass is 955 g/mol. The van der Waals surface area contributed by atoms with Crippen molar-refractivity contribution in [2.45, 2.75) is 82.8 Å². The van der Waals surface area contributed by atoms with Crippen molar-refractivity contribution in [3.8, 4) is 5.75 Å². The van der Waals surface area contributed by atoms with Gasteiger partial charge in [-0.1, -0.05) is 48.7 Å². The van der Waals surface area contributed by atoms with Crippen LogP contribution in [0.25, 0.3) is 0 Å². The highest BCUT2D eigenvalue weighted by atomic mass is 35.5. The Labute approximate surface area is 396 Å². The number of piperidine rings is 2. The topological polar surface area (TPSA) is 188 Å². The smallest absolute Gasteiger partial charge is 0.362 e. The molecule has 3 saturated heterocycles. The average Bonchev–Trinajstić information content (AvgIpc) is 3.68. The Morgan fingerprint density at radius 3 is 2.37 bits per heavy atom. The SMILES string of the molecule is COc1cc(N2CCC(N3CCN(C(=O)CCCCCCc4ccc5c(c4)CN(C4CCC(=O)NC4=O)C5=O)CC3)CC2)ccc1Nc1ncc(Cl)c(Nc2ccccc2P(=O)(OC)OC)n1. The fourth-order valence-corrected chi connectivity index (χ4v) is 10.9. The number of ether oxygens (including phenoxy) is 1. The van der Waals surface area contributed by atoms with Crippen LogP contribution < -0.4 is 30.9 Å². The number of carbonyl (C=O) groups excluding carboxylic acids is 4. The maximum Gasteiger partial charge on any atom is 0.362 e. The van der Waals surface area contributed by atoms with Crippen LogP contribution in [-0.2, 0) is 41.0 Å². The third-order valence-corrected chi connectivity index (χ3v) is 15.5. The largest absolute Gasteiger partial charge is 0.494 e. The van der Waals surface area contributed by atoms with E-state index in [1.807, 2.05) is 29.2 Å². The minimum Gasteiger partial charge on any atom is -0.494 e. The quantitative estimate of drug-likeness (QED) is 0.0537. The van der Waals surface area contributed by atoms with Gasteiger partial charge in [-0.15, -0.1) is 0 Å². The predicted octanol–water partition coefficient (Wildman–Crippen LogP) is 6.80. The molecule has 4 aromatic rings. The van der Waals surface area contributed by atoms with Gasteiger partial charge in [-0.2, -0.15) is 4.98 Å². The molecule has 67 heavy (non-hydrogen) atoms. The first-order valence-electron chi connectivity index (χ1n) is 23.1. The van der Waals surface area contributed by atoms with Crippen LogP contribution >= 0.6 is 19.2 Å². The van der Waals surface area contributed by atoms with E-state index in [0.29, 0.717) is 59.2 Å². The van der Waals surface area contributed by atoms with Crippen molar-refractivity contribution >= 4 is 77.0 Å². The number of halogens is 1. The Bertz CT molecular complexity index is 2510. The summed E-state index contributed by atoms with van der Waals surface area (Å²) in [5, 5.41) is 9.37. The Hall–Kier alpha value is -5.58. The van der Waals surface area contributed by atoms with Crippen molar-refractivity contribution in [1.82, 2.24) is 30.0 Å². The Morgan fingerprint density at radius 1 is 0.866 bits per heavy atom. The lowest BCUT2D eigenvalue weighted by Crippen LogP contribution is -2.54. The molecule has 4 amide bonds.